The molecule has 0 fully saturated rings. The Labute approximate surface area is 122 Å². The van der Waals surface area contributed by atoms with Crippen molar-refractivity contribution in [3.8, 4) is 0 Å². The lowest BCUT2D eigenvalue weighted by Gasteiger charge is -2.15. The molecule has 1 heteroatoms. The summed E-state index contributed by atoms with van der Waals surface area (Å²) in [4.78, 5) is 0. The van der Waals surface area contributed by atoms with E-state index in [2.05, 4.69) is 51.1 Å². The zero-order valence-corrected chi connectivity index (χ0v) is 12.6. The van der Waals surface area contributed by atoms with Gasteiger partial charge in [-0.15, -0.1) is 0 Å². The second kappa shape index (κ2) is 6.71. The first kappa shape index (κ1) is 14.8. The topological polar surface area (TPSA) is 20.2 Å². The van der Waals surface area contributed by atoms with E-state index in [1.54, 1.807) is 0 Å². The lowest BCUT2D eigenvalue weighted by Crippen LogP contribution is -2.05. The fraction of sp³-hybridized carbons (Fsp3) is 0.368. The van der Waals surface area contributed by atoms with Gasteiger partial charge < -0.3 is 5.11 Å². The maximum Gasteiger partial charge on any atom is 0.0833 e. The zero-order valence-electron chi connectivity index (χ0n) is 12.6. The molecule has 0 aliphatic carbocycles. The van der Waals surface area contributed by atoms with E-state index >= 15 is 0 Å². The lowest BCUT2D eigenvalue weighted by atomic mass is 9.94. The second-order valence-corrected chi connectivity index (χ2v) is 5.67. The third kappa shape index (κ3) is 3.49. The molecule has 0 saturated carbocycles. The summed E-state index contributed by atoms with van der Waals surface area (Å²) in [5.41, 5.74) is 4.83. The molecule has 1 nitrogen and oxygen atoms in total. The van der Waals surface area contributed by atoms with Crippen LogP contribution < -0.4 is 0 Å². The van der Waals surface area contributed by atoms with E-state index < -0.39 is 6.10 Å². The Hall–Kier alpha value is -1.60. The van der Waals surface area contributed by atoms with Crippen LogP contribution in [0.25, 0.3) is 0 Å². The smallest absolute Gasteiger partial charge is 0.0833 e. The number of benzene rings is 2. The Morgan fingerprint density at radius 3 is 2.20 bits per heavy atom. The highest BCUT2D eigenvalue weighted by Gasteiger charge is 2.12. The van der Waals surface area contributed by atoms with Crippen LogP contribution in [0.15, 0.2) is 48.5 Å². The van der Waals surface area contributed by atoms with Crippen molar-refractivity contribution < 1.29 is 5.11 Å². The van der Waals surface area contributed by atoms with Crippen molar-refractivity contribution in [1.82, 2.24) is 0 Å². The summed E-state index contributed by atoms with van der Waals surface area (Å²) >= 11 is 0. The summed E-state index contributed by atoms with van der Waals surface area (Å²) in [6.07, 6.45) is 1.21. The maximum absolute atomic E-state index is 10.5. The van der Waals surface area contributed by atoms with Gasteiger partial charge in [0.1, 0.15) is 0 Å². The summed E-state index contributed by atoms with van der Waals surface area (Å²) in [5, 5.41) is 10.5. The van der Waals surface area contributed by atoms with Crippen LogP contribution in [0.2, 0.25) is 0 Å². The normalized spacial score (nSPS) is 12.7. The molecule has 0 aliphatic heterocycles. The van der Waals surface area contributed by atoms with Gasteiger partial charge in [0.25, 0.3) is 0 Å². The van der Waals surface area contributed by atoms with Crippen LogP contribution in [-0.2, 0) is 12.8 Å². The molecule has 0 heterocycles. The Kier molecular flexibility index (Phi) is 4.97. The monoisotopic (exact) mass is 268 g/mol. The Morgan fingerprint density at radius 2 is 1.60 bits per heavy atom. The van der Waals surface area contributed by atoms with Gasteiger partial charge in [0, 0.05) is 6.42 Å². The lowest BCUT2D eigenvalue weighted by molar-refractivity contribution is 0.177. The van der Waals surface area contributed by atoms with Gasteiger partial charge in [0.2, 0.25) is 0 Å². The standard InChI is InChI=1S/C19H24O/c1-4-16-7-5-6-8-18(16)19(20)13-15-9-11-17(12-10-15)14(2)3/h5-12,14,19-20H,4,13H2,1-3H3. The first-order valence-electron chi connectivity index (χ1n) is 7.46. The van der Waals surface area contributed by atoms with Crippen LogP contribution in [0, 0.1) is 0 Å². The number of aliphatic hydroxyl groups excluding tert-OH is 1. The van der Waals surface area contributed by atoms with Gasteiger partial charge in [-0.1, -0.05) is 69.3 Å². The third-order valence-corrected chi connectivity index (χ3v) is 3.87. The number of aliphatic hydroxyl groups is 1. The van der Waals surface area contributed by atoms with E-state index in [9.17, 15) is 5.11 Å². The van der Waals surface area contributed by atoms with Crippen LogP contribution in [-0.4, -0.2) is 5.11 Å². The van der Waals surface area contributed by atoms with Gasteiger partial charge in [-0.05, 0) is 34.6 Å². The van der Waals surface area contributed by atoms with Crippen molar-refractivity contribution in [2.24, 2.45) is 0 Å². The summed E-state index contributed by atoms with van der Waals surface area (Å²) < 4.78 is 0. The first-order valence-corrected chi connectivity index (χ1v) is 7.46. The minimum atomic E-state index is -0.420. The summed E-state index contributed by atoms with van der Waals surface area (Å²) in [6, 6.07) is 16.8. The SMILES string of the molecule is CCc1ccccc1C(O)Cc1ccc(C(C)C)cc1. The minimum absolute atomic E-state index is 0.420. The van der Waals surface area contributed by atoms with Crippen molar-refractivity contribution in [2.45, 2.75) is 45.6 Å². The number of hydrogen-bond acceptors (Lipinski definition) is 1. The molecule has 0 bridgehead atoms. The van der Waals surface area contributed by atoms with Crippen LogP contribution in [0.4, 0.5) is 0 Å². The molecule has 0 spiro atoms. The summed E-state index contributed by atoms with van der Waals surface area (Å²) in [7, 11) is 0. The fourth-order valence-electron chi connectivity index (χ4n) is 2.55. The molecule has 1 atom stereocenters. The molecule has 2 aromatic rings. The second-order valence-electron chi connectivity index (χ2n) is 5.67. The Bertz CT molecular complexity index is 540. The highest BCUT2D eigenvalue weighted by atomic mass is 16.3. The molecular weight excluding hydrogens is 244 g/mol. The average molecular weight is 268 g/mol. The van der Waals surface area contributed by atoms with Crippen molar-refractivity contribution in [1.29, 1.82) is 0 Å². The number of hydrogen-bond donors (Lipinski definition) is 1. The van der Waals surface area contributed by atoms with E-state index in [-0.39, 0.29) is 0 Å². The van der Waals surface area contributed by atoms with E-state index in [4.69, 9.17) is 0 Å². The average Bonchev–Trinajstić information content (AvgIpc) is 2.47. The molecule has 2 aromatic carbocycles. The summed E-state index contributed by atoms with van der Waals surface area (Å²) in [6.45, 7) is 6.52. The number of rotatable bonds is 5. The molecule has 0 aromatic heterocycles. The third-order valence-electron chi connectivity index (χ3n) is 3.87. The molecule has 1 unspecified atom stereocenters. The van der Waals surface area contributed by atoms with Crippen molar-refractivity contribution in [3.05, 3.63) is 70.8 Å². The van der Waals surface area contributed by atoms with E-state index in [1.807, 2.05) is 18.2 Å². The predicted octanol–water partition coefficient (Wildman–Crippen LogP) is 4.65. The van der Waals surface area contributed by atoms with Gasteiger partial charge >= 0.3 is 0 Å². The van der Waals surface area contributed by atoms with Gasteiger partial charge in [-0.25, -0.2) is 0 Å². The molecule has 0 radical (unpaired) electrons. The summed E-state index contributed by atoms with van der Waals surface area (Å²) in [5.74, 6) is 0.551. The fourth-order valence-corrected chi connectivity index (χ4v) is 2.55. The molecular formula is C19H24O. The van der Waals surface area contributed by atoms with Gasteiger partial charge in [-0.3, -0.25) is 0 Å². The van der Waals surface area contributed by atoms with E-state index in [0.717, 1.165) is 12.0 Å². The molecule has 106 valence electrons. The highest BCUT2D eigenvalue weighted by molar-refractivity contribution is 5.31. The van der Waals surface area contributed by atoms with Gasteiger partial charge in [0.15, 0.2) is 0 Å². The predicted molar refractivity (Wildman–Crippen MR) is 85.0 cm³/mol. The van der Waals surface area contributed by atoms with E-state index in [1.165, 1.54) is 16.7 Å². The highest BCUT2D eigenvalue weighted by Crippen LogP contribution is 2.23. The Morgan fingerprint density at radius 1 is 0.950 bits per heavy atom. The largest absolute Gasteiger partial charge is 0.388 e. The van der Waals surface area contributed by atoms with Crippen LogP contribution >= 0.6 is 0 Å². The van der Waals surface area contributed by atoms with Crippen molar-refractivity contribution in [3.63, 3.8) is 0 Å². The van der Waals surface area contributed by atoms with Gasteiger partial charge in [-0.2, -0.15) is 0 Å². The quantitative estimate of drug-likeness (QED) is 0.837. The maximum atomic E-state index is 10.5. The van der Waals surface area contributed by atoms with Crippen molar-refractivity contribution >= 4 is 0 Å². The molecule has 0 saturated heterocycles. The number of aryl methyl sites for hydroxylation is 1. The van der Waals surface area contributed by atoms with E-state index in [0.29, 0.717) is 12.3 Å². The van der Waals surface area contributed by atoms with Crippen LogP contribution in [0.5, 0.6) is 0 Å². The Balaban J connectivity index is 2.13. The first-order chi connectivity index (χ1) is 9.61. The zero-order chi connectivity index (χ0) is 14.5. The molecule has 1 N–H and O–H groups in total. The molecule has 20 heavy (non-hydrogen) atoms. The van der Waals surface area contributed by atoms with Gasteiger partial charge in [0.05, 0.1) is 6.10 Å². The molecule has 2 rings (SSSR count). The van der Waals surface area contributed by atoms with Crippen LogP contribution in [0.1, 0.15) is 55.0 Å². The molecule has 0 aliphatic rings. The minimum Gasteiger partial charge on any atom is -0.388 e. The van der Waals surface area contributed by atoms with Crippen molar-refractivity contribution in [2.75, 3.05) is 0 Å². The molecule has 0 amide bonds. The van der Waals surface area contributed by atoms with Crippen LogP contribution in [0.3, 0.4) is 0 Å².